The van der Waals surface area contributed by atoms with Gasteiger partial charge in [0.25, 0.3) is 0 Å². The number of nitrogens with zero attached hydrogens (tertiary/aromatic N) is 3. The number of nitrogens with one attached hydrogen (secondary N) is 1. The molecule has 1 heterocycles. The minimum atomic E-state index is -0.483. The summed E-state index contributed by atoms with van der Waals surface area (Å²) in [7, 11) is 0. The number of hydrogen-bond acceptors (Lipinski definition) is 6. The van der Waals surface area contributed by atoms with Crippen LogP contribution in [0.15, 0.2) is 29.0 Å². The first-order chi connectivity index (χ1) is 10.0. The van der Waals surface area contributed by atoms with Crippen molar-refractivity contribution in [2.24, 2.45) is 0 Å². The Morgan fingerprint density at radius 2 is 2.19 bits per heavy atom. The van der Waals surface area contributed by atoms with E-state index in [4.69, 9.17) is 4.74 Å². The van der Waals surface area contributed by atoms with Crippen LogP contribution in [0.3, 0.4) is 0 Å². The van der Waals surface area contributed by atoms with Crippen LogP contribution in [0, 0.1) is 17.0 Å². The lowest BCUT2D eigenvalue weighted by Crippen LogP contribution is -2.03. The second kappa shape index (κ2) is 6.49. The quantitative estimate of drug-likeness (QED) is 0.651. The number of ether oxygens (including phenoxy) is 1. The Kier molecular flexibility index (Phi) is 4.69. The molecule has 1 aromatic carbocycles. The Labute approximate surface area is 129 Å². The fraction of sp³-hybridized carbons (Fsp3) is 0.231. The fourth-order valence-corrected chi connectivity index (χ4v) is 2.15. The van der Waals surface area contributed by atoms with E-state index in [1.54, 1.807) is 19.1 Å². The predicted octanol–water partition coefficient (Wildman–Crippen LogP) is 3.68. The van der Waals surface area contributed by atoms with Gasteiger partial charge in [0, 0.05) is 12.6 Å². The molecule has 21 heavy (non-hydrogen) atoms. The largest absolute Gasteiger partial charge is 0.430 e. The van der Waals surface area contributed by atoms with Crippen LogP contribution in [0.25, 0.3) is 0 Å². The van der Waals surface area contributed by atoms with Crippen molar-refractivity contribution in [1.29, 1.82) is 0 Å². The van der Waals surface area contributed by atoms with Crippen molar-refractivity contribution in [3.05, 3.63) is 44.7 Å². The van der Waals surface area contributed by atoms with Crippen LogP contribution in [0.1, 0.15) is 12.5 Å². The molecule has 7 nitrogen and oxygen atoms in total. The van der Waals surface area contributed by atoms with Crippen LogP contribution >= 0.6 is 15.9 Å². The second-order valence-corrected chi connectivity index (χ2v) is 4.95. The molecule has 1 N–H and O–H groups in total. The molecule has 0 aliphatic heterocycles. The topological polar surface area (TPSA) is 90.2 Å². The highest BCUT2D eigenvalue weighted by atomic mass is 79.9. The van der Waals surface area contributed by atoms with E-state index >= 15 is 0 Å². The minimum Gasteiger partial charge on any atom is -0.430 e. The van der Waals surface area contributed by atoms with Crippen LogP contribution in [-0.2, 0) is 0 Å². The first-order valence-electron chi connectivity index (χ1n) is 6.20. The van der Waals surface area contributed by atoms with Gasteiger partial charge in [0.2, 0.25) is 11.6 Å². The number of rotatable bonds is 5. The number of hydrogen-bond donors (Lipinski definition) is 1. The maximum Gasteiger partial charge on any atom is 0.311 e. The molecule has 110 valence electrons. The molecule has 0 aliphatic carbocycles. The molecule has 2 aromatic rings. The highest BCUT2D eigenvalue weighted by Crippen LogP contribution is 2.37. The second-order valence-electron chi connectivity index (χ2n) is 4.15. The standard InChI is InChI=1S/C13H13BrN4O3/c1-3-15-12-10(14)13(17-7-16-12)21-11-8(2)5-4-6-9(11)18(19)20/h4-7H,3H2,1-2H3,(H,15,16,17). The van der Waals surface area contributed by atoms with Crippen molar-refractivity contribution in [3.8, 4) is 11.6 Å². The molecule has 0 atom stereocenters. The Morgan fingerprint density at radius 3 is 2.86 bits per heavy atom. The van der Waals surface area contributed by atoms with Gasteiger partial charge in [-0.1, -0.05) is 12.1 Å². The molecule has 0 saturated heterocycles. The third-order valence-electron chi connectivity index (χ3n) is 2.69. The zero-order chi connectivity index (χ0) is 15.4. The van der Waals surface area contributed by atoms with Crippen molar-refractivity contribution in [3.63, 3.8) is 0 Å². The van der Waals surface area contributed by atoms with Crippen LogP contribution in [0.4, 0.5) is 11.5 Å². The van der Waals surface area contributed by atoms with E-state index in [2.05, 4.69) is 31.2 Å². The third-order valence-corrected chi connectivity index (χ3v) is 3.40. The first kappa shape index (κ1) is 15.2. The summed E-state index contributed by atoms with van der Waals surface area (Å²) < 4.78 is 6.16. The molecule has 0 saturated carbocycles. The summed E-state index contributed by atoms with van der Waals surface area (Å²) in [4.78, 5) is 18.7. The molecule has 0 unspecified atom stereocenters. The molecule has 0 aliphatic rings. The Bertz CT molecular complexity index is 678. The van der Waals surface area contributed by atoms with Crippen molar-refractivity contribution >= 4 is 27.4 Å². The highest BCUT2D eigenvalue weighted by Gasteiger charge is 2.20. The lowest BCUT2D eigenvalue weighted by atomic mass is 10.2. The maximum atomic E-state index is 11.1. The highest BCUT2D eigenvalue weighted by molar-refractivity contribution is 9.10. The van der Waals surface area contributed by atoms with E-state index < -0.39 is 4.92 Å². The molecule has 8 heteroatoms. The van der Waals surface area contributed by atoms with E-state index in [1.165, 1.54) is 12.4 Å². The maximum absolute atomic E-state index is 11.1. The van der Waals surface area contributed by atoms with E-state index in [0.29, 0.717) is 22.4 Å². The molecule has 0 fully saturated rings. The van der Waals surface area contributed by atoms with Gasteiger partial charge in [0.15, 0.2) is 0 Å². The summed E-state index contributed by atoms with van der Waals surface area (Å²) in [5.74, 6) is 0.960. The van der Waals surface area contributed by atoms with Crippen LogP contribution in [-0.4, -0.2) is 21.4 Å². The number of nitro groups is 1. The van der Waals surface area contributed by atoms with Gasteiger partial charge < -0.3 is 10.1 Å². The fourth-order valence-electron chi connectivity index (χ4n) is 1.73. The number of aryl methyl sites for hydroxylation is 1. The lowest BCUT2D eigenvalue weighted by Gasteiger charge is -2.11. The number of aromatic nitrogens is 2. The van der Waals surface area contributed by atoms with E-state index in [-0.39, 0.29) is 17.3 Å². The SMILES string of the molecule is CCNc1ncnc(Oc2c(C)cccc2[N+](=O)[O-])c1Br. The summed E-state index contributed by atoms with van der Waals surface area (Å²) in [6, 6.07) is 4.74. The zero-order valence-corrected chi connectivity index (χ0v) is 13.0. The summed E-state index contributed by atoms with van der Waals surface area (Å²) >= 11 is 3.34. The van der Waals surface area contributed by atoms with Crippen molar-refractivity contribution in [2.75, 3.05) is 11.9 Å². The normalized spacial score (nSPS) is 10.2. The van der Waals surface area contributed by atoms with Crippen molar-refractivity contribution in [2.45, 2.75) is 13.8 Å². The van der Waals surface area contributed by atoms with Gasteiger partial charge >= 0.3 is 5.69 Å². The van der Waals surface area contributed by atoms with Gasteiger partial charge in [-0.25, -0.2) is 9.97 Å². The Balaban J connectivity index is 2.44. The first-order valence-corrected chi connectivity index (χ1v) is 7.00. The van der Waals surface area contributed by atoms with Gasteiger partial charge in [0.1, 0.15) is 16.6 Å². The minimum absolute atomic E-state index is 0.106. The number of nitro benzene ring substituents is 1. The van der Waals surface area contributed by atoms with Gasteiger partial charge in [-0.2, -0.15) is 0 Å². The van der Waals surface area contributed by atoms with E-state index in [0.717, 1.165) is 0 Å². The Morgan fingerprint density at radius 1 is 1.43 bits per heavy atom. The average molecular weight is 353 g/mol. The average Bonchev–Trinajstić information content (AvgIpc) is 2.45. The molecule has 1 aromatic heterocycles. The van der Waals surface area contributed by atoms with Crippen molar-refractivity contribution < 1.29 is 9.66 Å². The van der Waals surface area contributed by atoms with Crippen LogP contribution in [0.5, 0.6) is 11.6 Å². The molecular formula is C13H13BrN4O3. The monoisotopic (exact) mass is 352 g/mol. The van der Waals surface area contributed by atoms with Gasteiger partial charge in [0.05, 0.1) is 4.92 Å². The number of benzene rings is 1. The molecule has 2 rings (SSSR count). The number of halogens is 1. The van der Waals surface area contributed by atoms with Crippen molar-refractivity contribution in [1.82, 2.24) is 9.97 Å². The molecule has 0 radical (unpaired) electrons. The predicted molar refractivity (Wildman–Crippen MR) is 81.8 cm³/mol. The van der Waals surface area contributed by atoms with Crippen LogP contribution < -0.4 is 10.1 Å². The van der Waals surface area contributed by atoms with Gasteiger partial charge in [-0.05, 0) is 35.3 Å². The summed E-state index contributed by atoms with van der Waals surface area (Å²) in [6.45, 7) is 4.35. The summed E-state index contributed by atoms with van der Waals surface area (Å²) in [5.41, 5.74) is 0.547. The number of para-hydroxylation sites is 1. The molecular weight excluding hydrogens is 340 g/mol. The molecule has 0 amide bonds. The lowest BCUT2D eigenvalue weighted by molar-refractivity contribution is -0.385. The third kappa shape index (κ3) is 3.27. The number of anilines is 1. The zero-order valence-electron chi connectivity index (χ0n) is 11.5. The Hall–Kier alpha value is -2.22. The van der Waals surface area contributed by atoms with E-state index in [1.807, 2.05) is 6.92 Å². The van der Waals surface area contributed by atoms with E-state index in [9.17, 15) is 10.1 Å². The van der Waals surface area contributed by atoms with Crippen LogP contribution in [0.2, 0.25) is 0 Å². The van der Waals surface area contributed by atoms with Gasteiger partial charge in [-0.3, -0.25) is 10.1 Å². The van der Waals surface area contributed by atoms with Gasteiger partial charge in [-0.15, -0.1) is 0 Å². The molecule has 0 spiro atoms. The smallest absolute Gasteiger partial charge is 0.311 e. The molecule has 0 bridgehead atoms. The summed E-state index contributed by atoms with van der Waals surface area (Å²) in [5, 5.41) is 14.1. The summed E-state index contributed by atoms with van der Waals surface area (Å²) in [6.07, 6.45) is 1.34.